The van der Waals surface area contributed by atoms with Crippen LogP contribution in [0.1, 0.15) is 40.5 Å². The zero-order valence-electron chi connectivity index (χ0n) is 22.8. The number of hydrogen-bond donors (Lipinski definition) is 6. The van der Waals surface area contributed by atoms with Gasteiger partial charge in [-0.05, 0) is 31.3 Å². The van der Waals surface area contributed by atoms with Crippen molar-refractivity contribution in [3.8, 4) is 0 Å². The average molecular weight is 557 g/mol. The van der Waals surface area contributed by atoms with Gasteiger partial charge in [0.15, 0.2) is 24.1 Å². The standard InChI is InChI=1S/C27H40O12/c1-10-6-12(36-5)22(33)25(2)11(10)7-15-26(3)14(27(4,35)23(34)20(32)21(25)26)8-16(38-15)39-24-19(31)18(30)17(29)13(9-28)37-24/h6,10-11,13-21,24,28-32,35H,7-9H2,1-5H3/t10-,11+,13-,14-,15-,16+,17-,18+,19-,20+,21-,24+,25+,26-,27+/m1/s1. The van der Waals surface area contributed by atoms with Gasteiger partial charge in [-0.3, -0.25) is 9.59 Å². The molecule has 0 radical (unpaired) electrons. The number of methoxy groups -OCH3 is 1. The van der Waals surface area contributed by atoms with Crippen molar-refractivity contribution in [2.75, 3.05) is 13.7 Å². The maximum atomic E-state index is 13.8. The van der Waals surface area contributed by atoms with Gasteiger partial charge in [0, 0.05) is 29.1 Å². The molecule has 12 heteroatoms. The van der Waals surface area contributed by atoms with E-state index in [-0.39, 0.29) is 29.8 Å². The summed E-state index contributed by atoms with van der Waals surface area (Å²) in [6.45, 7) is 6.24. The maximum Gasteiger partial charge on any atom is 0.203 e. The maximum absolute atomic E-state index is 13.8. The monoisotopic (exact) mass is 556 g/mol. The molecule has 4 fully saturated rings. The highest BCUT2D eigenvalue weighted by molar-refractivity contribution is 6.01. The number of allylic oxidation sites excluding steroid dienone is 2. The van der Waals surface area contributed by atoms with Gasteiger partial charge in [0.1, 0.15) is 36.1 Å². The van der Waals surface area contributed by atoms with Crippen LogP contribution in [0.4, 0.5) is 0 Å². The van der Waals surface area contributed by atoms with Gasteiger partial charge in [-0.1, -0.05) is 20.8 Å². The summed E-state index contributed by atoms with van der Waals surface area (Å²) < 4.78 is 23.2. The molecule has 5 aliphatic rings. The molecule has 2 saturated carbocycles. The summed E-state index contributed by atoms with van der Waals surface area (Å²) in [7, 11) is 1.41. The molecule has 2 saturated heterocycles. The molecule has 15 atom stereocenters. The fourth-order valence-corrected chi connectivity index (χ4v) is 8.60. The van der Waals surface area contributed by atoms with Gasteiger partial charge >= 0.3 is 0 Å². The zero-order chi connectivity index (χ0) is 28.8. The van der Waals surface area contributed by atoms with Crippen LogP contribution in [0.3, 0.4) is 0 Å². The summed E-state index contributed by atoms with van der Waals surface area (Å²) in [4.78, 5) is 27.3. The Morgan fingerprint density at radius 2 is 1.69 bits per heavy atom. The van der Waals surface area contributed by atoms with Gasteiger partial charge in [-0.2, -0.15) is 0 Å². The Morgan fingerprint density at radius 1 is 1.03 bits per heavy atom. The van der Waals surface area contributed by atoms with Crippen molar-refractivity contribution in [3.63, 3.8) is 0 Å². The summed E-state index contributed by atoms with van der Waals surface area (Å²) >= 11 is 0. The molecule has 0 aromatic heterocycles. The van der Waals surface area contributed by atoms with Crippen molar-refractivity contribution in [3.05, 3.63) is 11.8 Å². The van der Waals surface area contributed by atoms with Crippen LogP contribution < -0.4 is 0 Å². The molecule has 220 valence electrons. The lowest BCUT2D eigenvalue weighted by atomic mass is 9.38. The largest absolute Gasteiger partial charge is 0.493 e. The number of carbonyl (C=O) groups is 2. The van der Waals surface area contributed by atoms with Crippen LogP contribution in [-0.2, 0) is 28.5 Å². The zero-order valence-corrected chi connectivity index (χ0v) is 22.8. The van der Waals surface area contributed by atoms with E-state index in [1.165, 1.54) is 14.0 Å². The van der Waals surface area contributed by atoms with Crippen LogP contribution in [0.25, 0.3) is 0 Å². The number of aliphatic hydroxyl groups excluding tert-OH is 5. The smallest absolute Gasteiger partial charge is 0.203 e. The van der Waals surface area contributed by atoms with E-state index in [9.17, 15) is 40.2 Å². The van der Waals surface area contributed by atoms with Crippen LogP contribution in [0.5, 0.6) is 0 Å². The first kappa shape index (κ1) is 29.0. The Morgan fingerprint density at radius 3 is 2.31 bits per heavy atom. The lowest BCUT2D eigenvalue weighted by Crippen LogP contribution is -2.77. The second-order valence-corrected chi connectivity index (χ2v) is 12.5. The van der Waals surface area contributed by atoms with Crippen LogP contribution in [-0.4, -0.2) is 111 Å². The van der Waals surface area contributed by atoms with Crippen LogP contribution in [0, 0.1) is 34.5 Å². The SMILES string of the molecule is COC1=C[C@@H](C)[C@@H]2C[C@H]3O[C@@H](O[C@@H]4O[C@H](CO)[C@@H](O)[C@H](O)[C@H]4O)C[C@@H]4[C@@]3(C)[C@H]([C@H](O)C(=O)[C@@]4(C)O)[C@@]2(C)C1=O. The summed E-state index contributed by atoms with van der Waals surface area (Å²) in [6, 6.07) is 0. The second-order valence-electron chi connectivity index (χ2n) is 12.5. The van der Waals surface area contributed by atoms with Crippen molar-refractivity contribution in [2.45, 2.75) is 95.3 Å². The quantitative estimate of drug-likeness (QED) is 0.238. The Labute approximate surface area is 226 Å². The number of carbonyl (C=O) groups excluding carboxylic acids is 2. The number of ether oxygens (including phenoxy) is 4. The number of rotatable bonds is 4. The minimum Gasteiger partial charge on any atom is -0.493 e. The van der Waals surface area contributed by atoms with E-state index in [0.29, 0.717) is 6.42 Å². The third kappa shape index (κ3) is 3.84. The molecule has 0 aromatic carbocycles. The number of fused-ring (bicyclic) bond motifs is 2. The minimum atomic E-state index is -1.99. The van der Waals surface area contributed by atoms with Crippen LogP contribution >= 0.6 is 0 Å². The first-order valence-electron chi connectivity index (χ1n) is 13.5. The van der Waals surface area contributed by atoms with Gasteiger partial charge in [0.25, 0.3) is 0 Å². The molecule has 39 heavy (non-hydrogen) atoms. The van der Waals surface area contributed by atoms with Crippen LogP contribution in [0.15, 0.2) is 11.8 Å². The average Bonchev–Trinajstić information content (AvgIpc) is 2.88. The molecule has 2 aliphatic heterocycles. The number of hydrogen-bond acceptors (Lipinski definition) is 12. The molecule has 12 nitrogen and oxygen atoms in total. The lowest BCUT2D eigenvalue weighted by Gasteiger charge is -2.69. The normalized spacial score (nSPS) is 55.4. The van der Waals surface area contributed by atoms with Crippen molar-refractivity contribution < 1.29 is 59.2 Å². The van der Waals surface area contributed by atoms with Crippen LogP contribution in [0.2, 0.25) is 0 Å². The first-order valence-corrected chi connectivity index (χ1v) is 13.5. The number of Topliss-reactive ketones (excluding diaryl/α,β-unsaturated/α-hetero) is 2. The Hall–Kier alpha value is -1.48. The van der Waals surface area contributed by atoms with E-state index in [2.05, 4.69) is 0 Å². The van der Waals surface area contributed by atoms with E-state index in [4.69, 9.17) is 18.9 Å². The number of aliphatic hydroxyl groups is 6. The van der Waals surface area contributed by atoms with Gasteiger partial charge in [-0.25, -0.2) is 0 Å². The molecule has 0 amide bonds. The fourth-order valence-electron chi connectivity index (χ4n) is 8.60. The number of ketones is 2. The highest BCUT2D eigenvalue weighted by atomic mass is 16.8. The summed E-state index contributed by atoms with van der Waals surface area (Å²) in [5.74, 6) is -3.12. The van der Waals surface area contributed by atoms with Gasteiger partial charge < -0.3 is 49.6 Å². The molecule has 6 N–H and O–H groups in total. The molecular weight excluding hydrogens is 516 g/mol. The van der Waals surface area contributed by atoms with Gasteiger partial charge in [0.2, 0.25) is 5.78 Å². The third-order valence-electron chi connectivity index (χ3n) is 10.6. The van der Waals surface area contributed by atoms with E-state index < -0.39 is 89.9 Å². The first-order chi connectivity index (χ1) is 18.1. The molecule has 2 heterocycles. The Bertz CT molecular complexity index is 1040. The molecule has 0 bridgehead atoms. The summed E-state index contributed by atoms with van der Waals surface area (Å²) in [5, 5.41) is 63.3. The molecule has 3 aliphatic carbocycles. The fraction of sp³-hybridized carbons (Fsp3) is 0.852. The molecule has 5 rings (SSSR count). The topological polar surface area (TPSA) is 192 Å². The van der Waals surface area contributed by atoms with E-state index >= 15 is 0 Å². The molecule has 0 spiro atoms. The highest BCUT2D eigenvalue weighted by Crippen LogP contribution is 2.68. The van der Waals surface area contributed by atoms with Crippen molar-refractivity contribution in [1.82, 2.24) is 0 Å². The van der Waals surface area contributed by atoms with E-state index in [0.717, 1.165) is 0 Å². The van der Waals surface area contributed by atoms with Gasteiger partial charge in [-0.15, -0.1) is 0 Å². The summed E-state index contributed by atoms with van der Waals surface area (Å²) in [5.41, 5.74) is -4.21. The molecular formula is C27H40O12. The van der Waals surface area contributed by atoms with E-state index in [1.54, 1.807) is 13.0 Å². The predicted molar refractivity (Wildman–Crippen MR) is 130 cm³/mol. The molecule has 0 aromatic rings. The van der Waals surface area contributed by atoms with Crippen molar-refractivity contribution >= 4 is 11.6 Å². The van der Waals surface area contributed by atoms with Crippen molar-refractivity contribution in [2.24, 2.45) is 34.5 Å². The lowest BCUT2D eigenvalue weighted by molar-refractivity contribution is -0.378. The highest BCUT2D eigenvalue weighted by Gasteiger charge is 2.75. The van der Waals surface area contributed by atoms with Gasteiger partial charge in [0.05, 0.1) is 19.8 Å². The predicted octanol–water partition coefficient (Wildman–Crippen LogP) is -1.37. The Balaban J connectivity index is 1.54. The third-order valence-corrected chi connectivity index (χ3v) is 10.6. The Kier molecular flexibility index (Phi) is 7.10. The minimum absolute atomic E-state index is 0.0541. The van der Waals surface area contributed by atoms with Crippen molar-refractivity contribution in [1.29, 1.82) is 0 Å². The second kappa shape index (κ2) is 9.53. The summed E-state index contributed by atoms with van der Waals surface area (Å²) in [6.07, 6.45) is -8.92. The molecule has 0 unspecified atom stereocenters. The van der Waals surface area contributed by atoms with E-state index in [1.807, 2.05) is 13.8 Å².